The summed E-state index contributed by atoms with van der Waals surface area (Å²) in [5.74, 6) is -0.536. The lowest BCUT2D eigenvalue weighted by atomic mass is 10.1. The summed E-state index contributed by atoms with van der Waals surface area (Å²) in [4.78, 5) is 27.4. The highest BCUT2D eigenvalue weighted by Gasteiger charge is 2.33. The summed E-state index contributed by atoms with van der Waals surface area (Å²) >= 11 is 1.23. The molecule has 2 heterocycles. The lowest BCUT2D eigenvalue weighted by molar-refractivity contribution is -0.384. The van der Waals surface area contributed by atoms with Crippen LogP contribution in [0.1, 0.15) is 37.2 Å². The van der Waals surface area contributed by atoms with Crippen LogP contribution in [0.5, 0.6) is 0 Å². The Hall–Kier alpha value is -3.41. The van der Waals surface area contributed by atoms with Crippen LogP contribution in [0.25, 0.3) is 11.3 Å². The monoisotopic (exact) mass is 495 g/mol. The van der Waals surface area contributed by atoms with Crippen molar-refractivity contribution in [1.82, 2.24) is 9.55 Å². The number of halogens is 3. The first kappa shape index (κ1) is 25.2. The van der Waals surface area contributed by atoms with Crippen molar-refractivity contribution in [2.45, 2.75) is 52.9 Å². The highest BCUT2D eigenvalue weighted by atomic mass is 32.1. The molecule has 8 nitrogen and oxygen atoms in total. The SMILES string of the molecule is CCCn1c(C)cc(-c2csc(NC(=O)[C@@H](C)Nc3ccc(C(F)(F)F)cc3[N+](=O)[O-])n2)c1C. The predicted molar refractivity (Wildman–Crippen MR) is 125 cm³/mol. The zero-order valence-corrected chi connectivity index (χ0v) is 19.8. The van der Waals surface area contributed by atoms with Crippen molar-refractivity contribution in [2.75, 3.05) is 10.6 Å². The van der Waals surface area contributed by atoms with Gasteiger partial charge in [-0.1, -0.05) is 6.92 Å². The number of thiazole rings is 1. The number of nitrogens with one attached hydrogen (secondary N) is 2. The Morgan fingerprint density at radius 1 is 1.29 bits per heavy atom. The van der Waals surface area contributed by atoms with Crippen LogP contribution in [-0.4, -0.2) is 26.4 Å². The van der Waals surface area contributed by atoms with E-state index in [0.29, 0.717) is 11.2 Å². The second-order valence-electron chi connectivity index (χ2n) is 7.82. The standard InChI is InChI=1S/C22H24F3N5O3S/c1-5-8-29-12(2)9-16(14(29)4)18-11-34-21(27-18)28-20(31)13(3)26-17-7-6-15(22(23,24)25)10-19(17)30(32)33/h6-7,9-11,13,26H,5,8H2,1-4H3,(H,27,28,31)/t13-/m1/s1. The van der Waals surface area contributed by atoms with E-state index in [9.17, 15) is 28.1 Å². The number of hydrogen-bond donors (Lipinski definition) is 2. The van der Waals surface area contributed by atoms with Crippen molar-refractivity contribution in [3.63, 3.8) is 0 Å². The molecule has 182 valence electrons. The molecule has 0 saturated carbocycles. The third kappa shape index (κ3) is 5.38. The van der Waals surface area contributed by atoms with Crippen LogP contribution < -0.4 is 10.6 Å². The molecule has 1 atom stereocenters. The molecule has 2 N–H and O–H groups in total. The molecule has 0 aliphatic rings. The fourth-order valence-corrected chi connectivity index (χ4v) is 4.29. The Bertz CT molecular complexity index is 1220. The minimum Gasteiger partial charge on any atom is -0.368 e. The topological polar surface area (TPSA) is 102 Å². The summed E-state index contributed by atoms with van der Waals surface area (Å²) in [5, 5.41) is 18.7. The fraction of sp³-hybridized carbons (Fsp3) is 0.364. The van der Waals surface area contributed by atoms with Gasteiger partial charge >= 0.3 is 6.18 Å². The van der Waals surface area contributed by atoms with Gasteiger partial charge in [-0.05, 0) is 45.4 Å². The lowest BCUT2D eigenvalue weighted by Gasteiger charge is -2.15. The molecule has 3 aromatic rings. The van der Waals surface area contributed by atoms with Gasteiger partial charge in [0.1, 0.15) is 11.7 Å². The molecule has 34 heavy (non-hydrogen) atoms. The number of carbonyl (C=O) groups excluding carboxylic acids is 1. The predicted octanol–water partition coefficient (Wildman–Crippen LogP) is 6.00. The molecule has 3 rings (SSSR count). The highest BCUT2D eigenvalue weighted by molar-refractivity contribution is 7.14. The number of amides is 1. The molecule has 0 radical (unpaired) electrons. The number of nitrogens with zero attached hydrogens (tertiary/aromatic N) is 3. The third-order valence-electron chi connectivity index (χ3n) is 5.32. The van der Waals surface area contributed by atoms with Crippen molar-refractivity contribution in [3.8, 4) is 11.3 Å². The Morgan fingerprint density at radius 3 is 2.62 bits per heavy atom. The zero-order chi connectivity index (χ0) is 25.2. The Labute approximate surface area is 198 Å². The number of benzene rings is 1. The number of hydrogen-bond acceptors (Lipinski definition) is 6. The van der Waals surface area contributed by atoms with Crippen LogP contribution in [0.3, 0.4) is 0 Å². The van der Waals surface area contributed by atoms with Crippen molar-refractivity contribution < 1.29 is 22.9 Å². The van der Waals surface area contributed by atoms with E-state index in [-0.39, 0.29) is 5.69 Å². The summed E-state index contributed by atoms with van der Waals surface area (Å²) in [6.45, 7) is 8.48. The smallest absolute Gasteiger partial charge is 0.368 e. The summed E-state index contributed by atoms with van der Waals surface area (Å²) in [5.41, 5.74) is 1.77. The number of aryl methyl sites for hydroxylation is 1. The second-order valence-corrected chi connectivity index (χ2v) is 8.67. The highest BCUT2D eigenvalue weighted by Crippen LogP contribution is 2.35. The molecule has 0 bridgehead atoms. The van der Waals surface area contributed by atoms with Gasteiger partial charge in [-0.15, -0.1) is 11.3 Å². The summed E-state index contributed by atoms with van der Waals surface area (Å²) < 4.78 is 40.9. The van der Waals surface area contributed by atoms with Crippen LogP contribution in [0.4, 0.5) is 29.7 Å². The number of carbonyl (C=O) groups is 1. The normalized spacial score (nSPS) is 12.4. The number of nitro benzene ring substituents is 1. The van der Waals surface area contributed by atoms with Crippen molar-refractivity contribution in [1.29, 1.82) is 0 Å². The summed E-state index contributed by atoms with van der Waals surface area (Å²) in [6, 6.07) is 3.17. The molecule has 0 aliphatic heterocycles. The molecule has 0 aliphatic carbocycles. The van der Waals surface area contributed by atoms with Crippen LogP contribution in [-0.2, 0) is 17.5 Å². The van der Waals surface area contributed by atoms with E-state index in [1.807, 2.05) is 25.3 Å². The van der Waals surface area contributed by atoms with Gasteiger partial charge in [0.05, 0.1) is 16.2 Å². The number of nitro groups is 1. The second kappa shape index (κ2) is 9.84. The molecule has 0 spiro atoms. The average Bonchev–Trinajstić information content (AvgIpc) is 3.32. The molecule has 0 saturated heterocycles. The van der Waals surface area contributed by atoms with E-state index in [1.54, 1.807) is 0 Å². The van der Waals surface area contributed by atoms with E-state index in [4.69, 9.17) is 0 Å². The maximum absolute atomic E-state index is 12.9. The first-order chi connectivity index (χ1) is 15.9. The molecule has 2 aromatic heterocycles. The molecule has 1 amide bonds. The third-order valence-corrected chi connectivity index (χ3v) is 6.08. The summed E-state index contributed by atoms with van der Waals surface area (Å²) in [6.07, 6.45) is -3.72. The van der Waals surface area contributed by atoms with Crippen LogP contribution in [0, 0.1) is 24.0 Å². The largest absolute Gasteiger partial charge is 0.416 e. The van der Waals surface area contributed by atoms with E-state index < -0.39 is 34.3 Å². The van der Waals surface area contributed by atoms with Gasteiger partial charge in [0, 0.05) is 34.9 Å². The number of aromatic nitrogens is 2. The Balaban J connectivity index is 1.74. The van der Waals surface area contributed by atoms with Gasteiger partial charge in [0.25, 0.3) is 5.69 Å². The lowest BCUT2D eigenvalue weighted by Crippen LogP contribution is -2.32. The van der Waals surface area contributed by atoms with Crippen molar-refractivity contribution in [3.05, 3.63) is 56.7 Å². The van der Waals surface area contributed by atoms with Gasteiger partial charge < -0.3 is 15.2 Å². The number of alkyl halides is 3. The minimum atomic E-state index is -4.72. The van der Waals surface area contributed by atoms with Gasteiger partial charge in [-0.3, -0.25) is 14.9 Å². The van der Waals surface area contributed by atoms with E-state index in [1.165, 1.54) is 18.3 Å². The fourth-order valence-electron chi connectivity index (χ4n) is 3.58. The summed E-state index contributed by atoms with van der Waals surface area (Å²) in [7, 11) is 0. The molecular formula is C22H24F3N5O3S. The maximum Gasteiger partial charge on any atom is 0.416 e. The molecule has 0 fully saturated rings. The van der Waals surface area contributed by atoms with Crippen LogP contribution in [0.2, 0.25) is 0 Å². The number of anilines is 2. The van der Waals surface area contributed by atoms with Gasteiger partial charge in [0.15, 0.2) is 5.13 Å². The van der Waals surface area contributed by atoms with Crippen molar-refractivity contribution >= 4 is 33.8 Å². The van der Waals surface area contributed by atoms with Gasteiger partial charge in [-0.25, -0.2) is 4.98 Å². The molecule has 0 unspecified atom stereocenters. The van der Waals surface area contributed by atoms with Gasteiger partial charge in [0.2, 0.25) is 5.91 Å². The average molecular weight is 496 g/mol. The molecular weight excluding hydrogens is 471 g/mol. The maximum atomic E-state index is 12.9. The van der Waals surface area contributed by atoms with Crippen molar-refractivity contribution in [2.24, 2.45) is 0 Å². The first-order valence-electron chi connectivity index (χ1n) is 10.5. The van der Waals surface area contributed by atoms with E-state index in [0.717, 1.165) is 47.7 Å². The first-order valence-corrected chi connectivity index (χ1v) is 11.4. The molecule has 1 aromatic carbocycles. The Morgan fingerprint density at radius 2 is 2.00 bits per heavy atom. The van der Waals surface area contributed by atoms with Crippen LogP contribution >= 0.6 is 11.3 Å². The minimum absolute atomic E-state index is 0.191. The van der Waals surface area contributed by atoms with Crippen LogP contribution in [0.15, 0.2) is 29.6 Å². The quantitative estimate of drug-likeness (QED) is 0.295. The Kier molecular flexibility index (Phi) is 7.29. The van der Waals surface area contributed by atoms with E-state index in [2.05, 4.69) is 27.1 Å². The van der Waals surface area contributed by atoms with Gasteiger partial charge in [-0.2, -0.15) is 13.2 Å². The zero-order valence-electron chi connectivity index (χ0n) is 19.0. The molecule has 12 heteroatoms. The number of rotatable bonds is 8. The van der Waals surface area contributed by atoms with E-state index >= 15 is 0 Å².